The maximum Gasteiger partial charge on any atom is 0.420 e. The minimum atomic E-state index is -4.64. The first-order chi connectivity index (χ1) is 16.7. The van der Waals surface area contributed by atoms with Gasteiger partial charge in [0.15, 0.2) is 0 Å². The lowest BCUT2D eigenvalue weighted by molar-refractivity contribution is -0.137. The fraction of sp³-hybridized carbons (Fsp3) is 0.375. The van der Waals surface area contributed by atoms with E-state index in [1.54, 1.807) is 0 Å². The molecule has 2 aromatic heterocycles. The predicted octanol–water partition coefficient (Wildman–Crippen LogP) is 4.67. The lowest BCUT2D eigenvalue weighted by Crippen LogP contribution is -2.26. The quantitative estimate of drug-likeness (QED) is 0.481. The van der Waals surface area contributed by atoms with E-state index in [9.17, 15) is 18.0 Å². The van der Waals surface area contributed by atoms with Crippen molar-refractivity contribution in [3.63, 3.8) is 0 Å². The van der Waals surface area contributed by atoms with Crippen molar-refractivity contribution in [2.24, 2.45) is 0 Å². The van der Waals surface area contributed by atoms with Crippen LogP contribution in [0.5, 0.6) is 0 Å². The minimum Gasteiger partial charge on any atom is -0.374 e. The van der Waals surface area contributed by atoms with Crippen LogP contribution in [0.3, 0.4) is 0 Å². The Balaban J connectivity index is 1.55. The third kappa shape index (κ3) is 4.70. The van der Waals surface area contributed by atoms with Gasteiger partial charge in [-0.3, -0.25) is 4.79 Å². The summed E-state index contributed by atoms with van der Waals surface area (Å²) in [4.78, 5) is 23.1. The standard InChI is InChI=1S/C24H25F3N6OS/c1-3-13-8-15-12-33(2)7-4-14(15)9-18(13)31-23-30-11-17(24(25,26)27)20(32-23)19-10-16-21(34)28-5-6-29-22(16)35-19/h8-11,29H,3-7,12H2,1-2H3,(H,28,34)(H,30,31,32). The van der Waals surface area contributed by atoms with E-state index < -0.39 is 11.7 Å². The van der Waals surface area contributed by atoms with Crippen molar-refractivity contribution in [2.45, 2.75) is 32.5 Å². The topological polar surface area (TPSA) is 82.2 Å². The number of hydrogen-bond donors (Lipinski definition) is 3. The van der Waals surface area contributed by atoms with E-state index in [1.807, 2.05) is 6.92 Å². The van der Waals surface area contributed by atoms with Crippen molar-refractivity contribution in [1.29, 1.82) is 0 Å². The molecule has 0 atom stereocenters. The van der Waals surface area contributed by atoms with Gasteiger partial charge in [0.25, 0.3) is 5.91 Å². The largest absolute Gasteiger partial charge is 0.420 e. The first kappa shape index (κ1) is 23.6. The second-order valence-electron chi connectivity index (χ2n) is 8.73. The van der Waals surface area contributed by atoms with Gasteiger partial charge in [-0.25, -0.2) is 9.97 Å². The molecule has 2 aliphatic rings. The fourth-order valence-electron chi connectivity index (χ4n) is 4.42. The van der Waals surface area contributed by atoms with Gasteiger partial charge in [-0.05, 0) is 48.7 Å². The Hall–Kier alpha value is -3.18. The summed E-state index contributed by atoms with van der Waals surface area (Å²) in [6.07, 6.45) is -2.18. The molecule has 4 heterocycles. The third-order valence-electron chi connectivity index (χ3n) is 6.26. The molecule has 0 unspecified atom stereocenters. The van der Waals surface area contributed by atoms with Crippen LogP contribution >= 0.6 is 11.3 Å². The number of likely N-dealkylation sites (N-methyl/N-ethyl adjacent to an activating group) is 1. The zero-order chi connectivity index (χ0) is 24.7. The van der Waals surface area contributed by atoms with E-state index in [0.717, 1.165) is 54.7 Å². The van der Waals surface area contributed by atoms with Crippen molar-refractivity contribution < 1.29 is 18.0 Å². The molecule has 0 bridgehead atoms. The van der Waals surface area contributed by atoms with Crippen LogP contribution < -0.4 is 16.0 Å². The number of amides is 1. The molecule has 11 heteroatoms. The highest BCUT2D eigenvalue weighted by atomic mass is 32.1. The minimum absolute atomic E-state index is 0.0802. The molecule has 5 rings (SSSR count). The Morgan fingerprint density at radius 3 is 2.74 bits per heavy atom. The van der Waals surface area contributed by atoms with Crippen LogP contribution in [0.4, 0.5) is 29.8 Å². The first-order valence-electron chi connectivity index (χ1n) is 11.4. The van der Waals surface area contributed by atoms with Crippen LogP contribution in [0.15, 0.2) is 24.4 Å². The molecule has 7 nitrogen and oxygen atoms in total. The number of aromatic nitrogens is 2. The lowest BCUT2D eigenvalue weighted by Gasteiger charge is -2.26. The molecule has 1 aromatic carbocycles. The molecule has 0 fully saturated rings. The van der Waals surface area contributed by atoms with Gasteiger partial charge >= 0.3 is 6.18 Å². The molecular weight excluding hydrogens is 477 g/mol. The van der Waals surface area contributed by atoms with E-state index in [2.05, 4.69) is 50.0 Å². The normalized spacial score (nSPS) is 16.1. The number of fused-ring (bicyclic) bond motifs is 2. The number of aryl methyl sites for hydroxylation is 1. The first-order valence-corrected chi connectivity index (χ1v) is 12.3. The number of alkyl halides is 3. The van der Waals surface area contributed by atoms with E-state index in [1.165, 1.54) is 17.2 Å². The zero-order valence-electron chi connectivity index (χ0n) is 19.3. The van der Waals surface area contributed by atoms with Gasteiger partial charge in [-0.2, -0.15) is 13.2 Å². The van der Waals surface area contributed by atoms with Crippen LogP contribution in [-0.2, 0) is 25.6 Å². The maximum atomic E-state index is 13.9. The Morgan fingerprint density at radius 1 is 1.17 bits per heavy atom. The summed E-state index contributed by atoms with van der Waals surface area (Å²) in [5.41, 5.74) is 3.45. The van der Waals surface area contributed by atoms with Crippen LogP contribution in [0.2, 0.25) is 0 Å². The molecule has 0 saturated heterocycles. The van der Waals surface area contributed by atoms with Crippen molar-refractivity contribution in [3.8, 4) is 10.6 Å². The molecule has 1 amide bonds. The Kier molecular flexibility index (Phi) is 6.14. The van der Waals surface area contributed by atoms with Gasteiger partial charge < -0.3 is 20.9 Å². The number of anilines is 3. The van der Waals surface area contributed by atoms with Crippen molar-refractivity contribution >= 4 is 33.9 Å². The number of nitrogens with one attached hydrogen (secondary N) is 3. The molecule has 0 spiro atoms. The average Bonchev–Trinajstić information content (AvgIpc) is 3.17. The average molecular weight is 503 g/mol. The van der Waals surface area contributed by atoms with Crippen LogP contribution in [0.1, 0.15) is 39.5 Å². The van der Waals surface area contributed by atoms with Gasteiger partial charge in [0.2, 0.25) is 5.95 Å². The van der Waals surface area contributed by atoms with Gasteiger partial charge in [0.05, 0.1) is 16.1 Å². The summed E-state index contributed by atoms with van der Waals surface area (Å²) in [6, 6.07) is 5.67. The number of rotatable bonds is 4. The molecule has 2 aliphatic heterocycles. The van der Waals surface area contributed by atoms with E-state index in [0.29, 0.717) is 23.7 Å². The Bertz CT molecular complexity index is 1290. The number of carbonyl (C=O) groups excluding carboxylic acids is 1. The van der Waals surface area contributed by atoms with Crippen molar-refractivity contribution in [2.75, 3.05) is 37.3 Å². The number of thiophene rings is 1. The summed E-state index contributed by atoms with van der Waals surface area (Å²) < 4.78 is 41.6. The number of hydrogen-bond acceptors (Lipinski definition) is 7. The zero-order valence-corrected chi connectivity index (χ0v) is 20.2. The highest BCUT2D eigenvalue weighted by Crippen LogP contribution is 2.42. The smallest absolute Gasteiger partial charge is 0.374 e. The van der Waals surface area contributed by atoms with Gasteiger partial charge in [0, 0.05) is 38.1 Å². The second-order valence-corrected chi connectivity index (χ2v) is 9.79. The summed E-state index contributed by atoms with van der Waals surface area (Å²) in [7, 11) is 2.08. The molecule has 0 radical (unpaired) electrons. The summed E-state index contributed by atoms with van der Waals surface area (Å²) in [5.74, 6) is -0.239. The van der Waals surface area contributed by atoms with Gasteiger partial charge in [0.1, 0.15) is 10.6 Å². The second kappa shape index (κ2) is 9.12. The molecular formula is C24H25F3N6OS. The molecule has 35 heavy (non-hydrogen) atoms. The lowest BCUT2D eigenvalue weighted by atomic mass is 9.95. The Labute approximate surface area is 204 Å². The molecule has 3 N–H and O–H groups in total. The Morgan fingerprint density at radius 2 is 1.97 bits per heavy atom. The number of benzene rings is 1. The number of carbonyl (C=O) groups is 1. The number of nitrogens with zero attached hydrogens (tertiary/aromatic N) is 3. The molecule has 0 aliphatic carbocycles. The monoisotopic (exact) mass is 502 g/mol. The summed E-state index contributed by atoms with van der Waals surface area (Å²) in [5, 5.41) is 9.52. The summed E-state index contributed by atoms with van der Waals surface area (Å²) in [6.45, 7) is 4.80. The van der Waals surface area contributed by atoms with Gasteiger partial charge in [-0.1, -0.05) is 13.0 Å². The SMILES string of the molecule is CCc1cc2c(cc1Nc1ncc(C(F)(F)F)c(-c3cc4c(s3)NCCNC4=O)n1)CCN(C)C2. The van der Waals surface area contributed by atoms with Crippen LogP contribution in [0, 0.1) is 0 Å². The van der Waals surface area contributed by atoms with E-state index >= 15 is 0 Å². The molecule has 0 saturated carbocycles. The maximum absolute atomic E-state index is 13.9. The van der Waals surface area contributed by atoms with Crippen molar-refractivity contribution in [3.05, 3.63) is 52.2 Å². The van der Waals surface area contributed by atoms with Crippen LogP contribution in [-0.4, -0.2) is 47.5 Å². The van der Waals surface area contributed by atoms with Crippen LogP contribution in [0.25, 0.3) is 10.6 Å². The predicted molar refractivity (Wildman–Crippen MR) is 130 cm³/mol. The van der Waals surface area contributed by atoms with Gasteiger partial charge in [-0.15, -0.1) is 11.3 Å². The number of halogens is 3. The van der Waals surface area contributed by atoms with E-state index in [4.69, 9.17) is 0 Å². The molecule has 184 valence electrons. The summed E-state index contributed by atoms with van der Waals surface area (Å²) >= 11 is 1.08. The highest BCUT2D eigenvalue weighted by molar-refractivity contribution is 7.19. The fourth-order valence-corrected chi connectivity index (χ4v) is 5.51. The highest BCUT2D eigenvalue weighted by Gasteiger charge is 2.36. The molecule has 3 aromatic rings. The van der Waals surface area contributed by atoms with E-state index in [-0.39, 0.29) is 22.4 Å². The van der Waals surface area contributed by atoms with Crippen molar-refractivity contribution in [1.82, 2.24) is 20.2 Å². The third-order valence-corrected chi connectivity index (χ3v) is 7.36.